The smallest absolute Gasteiger partial charge is 0.306 e. The van der Waals surface area contributed by atoms with E-state index >= 15 is 0 Å². The maximum Gasteiger partial charge on any atom is 0.306 e. The number of anilines is 1. The lowest BCUT2D eigenvalue weighted by atomic mass is 9.97. The van der Waals surface area contributed by atoms with Crippen molar-refractivity contribution in [2.24, 2.45) is 5.92 Å². The monoisotopic (exact) mass is 263 g/mol. The van der Waals surface area contributed by atoms with Crippen LogP contribution in [0.15, 0.2) is 18.2 Å². The van der Waals surface area contributed by atoms with Crippen LogP contribution in [0.3, 0.4) is 0 Å². The number of hydrogen-bond donors (Lipinski definition) is 1. The molecule has 1 aliphatic rings. The van der Waals surface area contributed by atoms with Gasteiger partial charge < -0.3 is 14.7 Å². The van der Waals surface area contributed by atoms with Gasteiger partial charge in [-0.3, -0.25) is 9.59 Å². The molecule has 1 aromatic rings. The van der Waals surface area contributed by atoms with Crippen molar-refractivity contribution < 1.29 is 19.4 Å². The molecule has 1 heterocycles. The molecule has 1 aromatic carbocycles. The molecule has 19 heavy (non-hydrogen) atoms. The summed E-state index contributed by atoms with van der Waals surface area (Å²) in [7, 11) is 1.57. The third-order valence-electron chi connectivity index (χ3n) is 3.47. The standard InChI is InChI=1S/C14H17NO4/c1-9(16)15-6-5-10(14(17)18)7-11-8-12(19-2)3-4-13(11)15/h3-4,8,10H,5-7H2,1-2H3,(H,17,18). The van der Waals surface area contributed by atoms with Gasteiger partial charge in [0.2, 0.25) is 5.91 Å². The molecule has 5 nitrogen and oxygen atoms in total. The number of rotatable bonds is 2. The molecule has 0 radical (unpaired) electrons. The highest BCUT2D eigenvalue weighted by molar-refractivity contribution is 5.93. The number of aliphatic carboxylic acids is 1. The Bertz CT molecular complexity index is 512. The van der Waals surface area contributed by atoms with E-state index in [1.807, 2.05) is 12.1 Å². The second kappa shape index (κ2) is 5.30. The second-order valence-corrected chi connectivity index (χ2v) is 4.69. The number of benzene rings is 1. The molecule has 0 bridgehead atoms. The van der Waals surface area contributed by atoms with Crippen molar-refractivity contribution in [1.29, 1.82) is 0 Å². The van der Waals surface area contributed by atoms with E-state index in [1.165, 1.54) is 6.92 Å². The molecular weight excluding hydrogens is 246 g/mol. The minimum Gasteiger partial charge on any atom is -0.497 e. The molecule has 1 atom stereocenters. The Morgan fingerprint density at radius 3 is 2.74 bits per heavy atom. The Morgan fingerprint density at radius 2 is 2.16 bits per heavy atom. The predicted octanol–water partition coefficient (Wildman–Crippen LogP) is 1.70. The van der Waals surface area contributed by atoms with E-state index in [1.54, 1.807) is 18.1 Å². The van der Waals surface area contributed by atoms with Crippen LogP contribution >= 0.6 is 0 Å². The van der Waals surface area contributed by atoms with Crippen molar-refractivity contribution in [3.8, 4) is 5.75 Å². The van der Waals surface area contributed by atoms with Gasteiger partial charge in [-0.15, -0.1) is 0 Å². The van der Waals surface area contributed by atoms with Gasteiger partial charge in [0.05, 0.1) is 13.0 Å². The van der Waals surface area contributed by atoms with Crippen molar-refractivity contribution in [2.45, 2.75) is 19.8 Å². The highest BCUT2D eigenvalue weighted by Gasteiger charge is 2.27. The van der Waals surface area contributed by atoms with Gasteiger partial charge in [-0.05, 0) is 36.6 Å². The summed E-state index contributed by atoms with van der Waals surface area (Å²) in [4.78, 5) is 24.5. The normalized spacial score (nSPS) is 18.4. The summed E-state index contributed by atoms with van der Waals surface area (Å²) in [6.07, 6.45) is 0.886. The van der Waals surface area contributed by atoms with Gasteiger partial charge in [0.1, 0.15) is 5.75 Å². The first kappa shape index (κ1) is 13.4. The lowest BCUT2D eigenvalue weighted by molar-refractivity contribution is -0.141. The van der Waals surface area contributed by atoms with E-state index in [2.05, 4.69) is 0 Å². The number of carbonyl (C=O) groups excluding carboxylic acids is 1. The molecule has 5 heteroatoms. The van der Waals surface area contributed by atoms with Crippen molar-refractivity contribution in [3.63, 3.8) is 0 Å². The summed E-state index contributed by atoms with van der Waals surface area (Å²) >= 11 is 0. The molecule has 2 rings (SSSR count). The van der Waals surface area contributed by atoms with Gasteiger partial charge in [0, 0.05) is 19.2 Å². The Kier molecular flexibility index (Phi) is 3.74. The maximum atomic E-state index is 11.7. The highest BCUT2D eigenvalue weighted by Crippen LogP contribution is 2.32. The van der Waals surface area contributed by atoms with E-state index in [0.717, 1.165) is 11.3 Å². The summed E-state index contributed by atoms with van der Waals surface area (Å²) in [5.74, 6) is -0.680. The van der Waals surface area contributed by atoms with Crippen LogP contribution in [0.5, 0.6) is 5.75 Å². The van der Waals surface area contributed by atoms with Crippen molar-refractivity contribution in [2.75, 3.05) is 18.6 Å². The fraction of sp³-hybridized carbons (Fsp3) is 0.429. The molecule has 0 aliphatic carbocycles. The molecule has 1 amide bonds. The molecule has 0 saturated heterocycles. The number of nitrogens with zero attached hydrogens (tertiary/aromatic N) is 1. The third kappa shape index (κ3) is 2.70. The molecule has 1 N–H and O–H groups in total. The first-order valence-corrected chi connectivity index (χ1v) is 6.20. The van der Waals surface area contributed by atoms with Crippen LogP contribution in [-0.4, -0.2) is 30.6 Å². The summed E-state index contributed by atoms with van der Waals surface area (Å²) in [6.45, 7) is 1.93. The SMILES string of the molecule is COc1ccc2c(c1)CC(C(=O)O)CCN2C(C)=O. The fourth-order valence-corrected chi connectivity index (χ4v) is 2.43. The molecule has 0 fully saturated rings. The lowest BCUT2D eigenvalue weighted by Gasteiger charge is -2.21. The third-order valence-corrected chi connectivity index (χ3v) is 3.47. The van der Waals surface area contributed by atoms with Crippen LogP contribution in [0.25, 0.3) is 0 Å². The van der Waals surface area contributed by atoms with Gasteiger partial charge in [-0.1, -0.05) is 0 Å². The molecule has 102 valence electrons. The van der Waals surface area contributed by atoms with Gasteiger partial charge in [-0.2, -0.15) is 0 Å². The average molecular weight is 263 g/mol. The molecule has 0 saturated carbocycles. The Labute approximate surface area is 111 Å². The topological polar surface area (TPSA) is 66.8 Å². The van der Waals surface area contributed by atoms with Crippen molar-refractivity contribution >= 4 is 17.6 Å². The Morgan fingerprint density at radius 1 is 1.42 bits per heavy atom. The van der Waals surface area contributed by atoms with E-state index in [9.17, 15) is 14.7 Å². The zero-order chi connectivity index (χ0) is 14.0. The van der Waals surface area contributed by atoms with Crippen LogP contribution in [0.1, 0.15) is 18.9 Å². The summed E-state index contributed by atoms with van der Waals surface area (Å²) < 4.78 is 5.16. The lowest BCUT2D eigenvalue weighted by Crippen LogP contribution is -2.30. The van der Waals surface area contributed by atoms with Gasteiger partial charge >= 0.3 is 5.97 Å². The highest BCUT2D eigenvalue weighted by atomic mass is 16.5. The molecule has 0 aromatic heterocycles. The number of carboxylic acids is 1. The van der Waals surface area contributed by atoms with Crippen LogP contribution in [-0.2, 0) is 16.0 Å². The average Bonchev–Trinajstić information content (AvgIpc) is 2.56. The van der Waals surface area contributed by atoms with Crippen LogP contribution in [0.4, 0.5) is 5.69 Å². The number of carboxylic acid groups (broad SMARTS) is 1. The van der Waals surface area contributed by atoms with E-state index < -0.39 is 11.9 Å². The Hall–Kier alpha value is -2.04. The number of methoxy groups -OCH3 is 1. The van der Waals surface area contributed by atoms with E-state index in [4.69, 9.17) is 4.74 Å². The van der Waals surface area contributed by atoms with Crippen LogP contribution < -0.4 is 9.64 Å². The minimum atomic E-state index is -0.820. The van der Waals surface area contributed by atoms with Crippen molar-refractivity contribution in [1.82, 2.24) is 0 Å². The molecule has 1 unspecified atom stereocenters. The minimum absolute atomic E-state index is 0.0718. The number of amides is 1. The predicted molar refractivity (Wildman–Crippen MR) is 70.5 cm³/mol. The van der Waals surface area contributed by atoms with Crippen LogP contribution in [0, 0.1) is 5.92 Å². The number of fused-ring (bicyclic) bond motifs is 1. The van der Waals surface area contributed by atoms with E-state index in [-0.39, 0.29) is 5.91 Å². The van der Waals surface area contributed by atoms with Gasteiger partial charge in [-0.25, -0.2) is 0 Å². The summed E-state index contributed by atoms with van der Waals surface area (Å²) in [6, 6.07) is 5.42. The first-order chi connectivity index (χ1) is 9.02. The van der Waals surface area contributed by atoms with Crippen molar-refractivity contribution in [3.05, 3.63) is 23.8 Å². The first-order valence-electron chi connectivity index (χ1n) is 6.20. The quantitative estimate of drug-likeness (QED) is 0.881. The molecule has 0 spiro atoms. The number of carbonyl (C=O) groups is 2. The number of hydrogen-bond acceptors (Lipinski definition) is 3. The van der Waals surface area contributed by atoms with Gasteiger partial charge in [0.15, 0.2) is 0 Å². The zero-order valence-corrected chi connectivity index (χ0v) is 11.0. The van der Waals surface area contributed by atoms with E-state index in [0.29, 0.717) is 25.1 Å². The molecular formula is C14H17NO4. The zero-order valence-electron chi connectivity index (χ0n) is 11.0. The fourth-order valence-electron chi connectivity index (χ4n) is 2.43. The van der Waals surface area contributed by atoms with Crippen LogP contribution in [0.2, 0.25) is 0 Å². The Balaban J connectivity index is 2.45. The second-order valence-electron chi connectivity index (χ2n) is 4.69. The van der Waals surface area contributed by atoms with Gasteiger partial charge in [0.25, 0.3) is 0 Å². The maximum absolute atomic E-state index is 11.7. The largest absolute Gasteiger partial charge is 0.497 e. The molecule has 1 aliphatic heterocycles. The summed E-state index contributed by atoms with van der Waals surface area (Å²) in [5.41, 5.74) is 1.64. The summed E-state index contributed by atoms with van der Waals surface area (Å²) in [5, 5.41) is 9.21. The number of ether oxygens (including phenoxy) is 1.